The molecule has 1 aliphatic heterocycles. The highest BCUT2D eigenvalue weighted by Crippen LogP contribution is 2.23. The zero-order chi connectivity index (χ0) is 19.4. The van der Waals surface area contributed by atoms with Crippen LogP contribution in [0.4, 0.5) is 4.79 Å². The number of pyridine rings is 1. The Morgan fingerprint density at radius 1 is 1.15 bits per heavy atom. The second kappa shape index (κ2) is 8.37. The minimum absolute atomic E-state index is 0.130. The fraction of sp³-hybridized carbons (Fsp3) is 0.222. The van der Waals surface area contributed by atoms with Gasteiger partial charge in [0.15, 0.2) is 0 Å². The molecule has 0 atom stereocenters. The summed E-state index contributed by atoms with van der Waals surface area (Å²) in [6.07, 6.45) is 1.64. The fourth-order valence-electron chi connectivity index (χ4n) is 2.65. The number of nitrogens with one attached hydrogen (secondary N) is 1. The van der Waals surface area contributed by atoms with E-state index < -0.39 is 11.9 Å². The summed E-state index contributed by atoms with van der Waals surface area (Å²) in [5.41, 5.74) is 1.49. The van der Waals surface area contributed by atoms with E-state index >= 15 is 0 Å². The third-order valence-corrected chi connectivity index (χ3v) is 4.72. The first-order chi connectivity index (χ1) is 12.9. The van der Waals surface area contributed by atoms with E-state index in [1.54, 1.807) is 41.4 Å². The molecule has 0 spiro atoms. The average Bonchev–Trinajstić information content (AvgIpc) is 2.95. The third kappa shape index (κ3) is 4.96. The van der Waals surface area contributed by atoms with Gasteiger partial charge in [0, 0.05) is 12.7 Å². The molecule has 2 heterocycles. The molecule has 4 amide bonds. The van der Waals surface area contributed by atoms with E-state index in [2.05, 4.69) is 10.3 Å². The van der Waals surface area contributed by atoms with Gasteiger partial charge in [-0.05, 0) is 29.8 Å². The summed E-state index contributed by atoms with van der Waals surface area (Å²) in [6.45, 7) is 0.180. The Morgan fingerprint density at radius 3 is 2.59 bits per heavy atom. The first kappa shape index (κ1) is 19.1. The summed E-state index contributed by atoms with van der Waals surface area (Å²) in [6, 6.07) is 9.98. The van der Waals surface area contributed by atoms with Gasteiger partial charge in [-0.1, -0.05) is 35.3 Å². The fourth-order valence-corrected chi connectivity index (χ4v) is 2.97. The Labute approximate surface area is 165 Å². The molecule has 140 valence electrons. The number of carbonyl (C=O) groups excluding carboxylic acids is 3. The molecule has 1 aromatic heterocycles. The van der Waals surface area contributed by atoms with Crippen molar-refractivity contribution in [3.8, 4) is 0 Å². The van der Waals surface area contributed by atoms with Crippen molar-refractivity contribution in [2.24, 2.45) is 0 Å². The van der Waals surface area contributed by atoms with Gasteiger partial charge in [0.25, 0.3) is 0 Å². The van der Waals surface area contributed by atoms with Crippen molar-refractivity contribution in [1.82, 2.24) is 20.1 Å². The summed E-state index contributed by atoms with van der Waals surface area (Å²) >= 11 is 12.0. The third-order valence-electron chi connectivity index (χ3n) is 3.98. The second-order valence-electron chi connectivity index (χ2n) is 6.03. The van der Waals surface area contributed by atoms with E-state index in [1.165, 1.54) is 4.90 Å². The molecule has 1 N–H and O–H groups in total. The van der Waals surface area contributed by atoms with E-state index in [4.69, 9.17) is 23.2 Å². The van der Waals surface area contributed by atoms with Gasteiger partial charge < -0.3 is 9.80 Å². The zero-order valence-corrected chi connectivity index (χ0v) is 15.7. The quantitative estimate of drug-likeness (QED) is 0.746. The minimum atomic E-state index is -0.569. The van der Waals surface area contributed by atoms with Crippen molar-refractivity contribution in [2.75, 3.05) is 13.1 Å². The molecule has 0 unspecified atom stereocenters. The number of imide groups is 1. The molecule has 1 aromatic carbocycles. The number of hydrogen-bond acceptors (Lipinski definition) is 4. The van der Waals surface area contributed by atoms with Crippen LogP contribution >= 0.6 is 23.2 Å². The van der Waals surface area contributed by atoms with Crippen molar-refractivity contribution in [3.63, 3.8) is 0 Å². The number of nitrogens with zero attached hydrogens (tertiary/aromatic N) is 3. The van der Waals surface area contributed by atoms with Crippen LogP contribution in [0.15, 0.2) is 42.6 Å². The SMILES string of the molecule is O=C1CN(CC(=O)N(Cc2ccc(Cl)c(Cl)c2)Cc2ccccn2)C(=O)N1. The molecule has 2 aromatic rings. The Hall–Kier alpha value is -2.64. The zero-order valence-electron chi connectivity index (χ0n) is 14.2. The Bertz CT molecular complexity index is 876. The highest BCUT2D eigenvalue weighted by atomic mass is 35.5. The smallest absolute Gasteiger partial charge is 0.325 e. The standard InChI is InChI=1S/C18H16Cl2N4O3/c19-14-5-4-12(7-15(14)20)8-23(9-13-3-1-2-6-21-13)17(26)11-24-10-16(25)22-18(24)27/h1-7H,8-11H2,(H,22,25,27). The number of rotatable bonds is 6. The molecular weight excluding hydrogens is 391 g/mol. The topological polar surface area (TPSA) is 82.6 Å². The van der Waals surface area contributed by atoms with E-state index in [1.807, 2.05) is 6.07 Å². The summed E-state index contributed by atoms with van der Waals surface area (Å²) < 4.78 is 0. The Morgan fingerprint density at radius 2 is 1.96 bits per heavy atom. The molecular formula is C18H16Cl2N4O3. The molecule has 27 heavy (non-hydrogen) atoms. The lowest BCUT2D eigenvalue weighted by atomic mass is 10.2. The number of aromatic nitrogens is 1. The maximum Gasteiger partial charge on any atom is 0.325 e. The number of halogens is 2. The highest BCUT2D eigenvalue weighted by Gasteiger charge is 2.30. The first-order valence-corrected chi connectivity index (χ1v) is 8.88. The van der Waals surface area contributed by atoms with Crippen LogP contribution in [0, 0.1) is 0 Å². The van der Waals surface area contributed by atoms with Crippen LogP contribution in [-0.4, -0.2) is 45.7 Å². The number of benzene rings is 1. The van der Waals surface area contributed by atoms with Crippen molar-refractivity contribution < 1.29 is 14.4 Å². The molecule has 1 fully saturated rings. The molecule has 0 aliphatic carbocycles. The van der Waals surface area contributed by atoms with Gasteiger partial charge in [0.1, 0.15) is 13.1 Å². The molecule has 0 radical (unpaired) electrons. The Kier molecular flexibility index (Phi) is 5.93. The van der Waals surface area contributed by atoms with Crippen LogP contribution in [-0.2, 0) is 22.7 Å². The lowest BCUT2D eigenvalue weighted by Crippen LogP contribution is -2.41. The van der Waals surface area contributed by atoms with Crippen LogP contribution < -0.4 is 5.32 Å². The minimum Gasteiger partial charge on any atom is -0.331 e. The van der Waals surface area contributed by atoms with E-state index in [9.17, 15) is 14.4 Å². The van der Waals surface area contributed by atoms with Gasteiger partial charge in [-0.15, -0.1) is 0 Å². The van der Waals surface area contributed by atoms with Crippen LogP contribution in [0.25, 0.3) is 0 Å². The van der Waals surface area contributed by atoms with Crippen molar-refractivity contribution in [3.05, 3.63) is 63.9 Å². The Balaban J connectivity index is 1.78. The predicted molar refractivity (Wildman–Crippen MR) is 100 cm³/mol. The van der Waals surface area contributed by atoms with Gasteiger partial charge >= 0.3 is 6.03 Å². The number of urea groups is 1. The number of hydrogen-bond donors (Lipinski definition) is 1. The second-order valence-corrected chi connectivity index (χ2v) is 6.84. The van der Waals surface area contributed by atoms with Gasteiger partial charge in [-0.2, -0.15) is 0 Å². The molecule has 1 aliphatic rings. The van der Waals surface area contributed by atoms with Crippen LogP contribution in [0.3, 0.4) is 0 Å². The summed E-state index contributed by atoms with van der Waals surface area (Å²) in [5, 5.41) is 2.98. The van der Waals surface area contributed by atoms with Crippen molar-refractivity contribution in [1.29, 1.82) is 0 Å². The van der Waals surface area contributed by atoms with Gasteiger partial charge in [0.05, 0.1) is 22.3 Å². The average molecular weight is 407 g/mol. The van der Waals surface area contributed by atoms with Gasteiger partial charge in [0.2, 0.25) is 11.8 Å². The predicted octanol–water partition coefficient (Wildman–Crippen LogP) is 2.47. The largest absolute Gasteiger partial charge is 0.331 e. The van der Waals surface area contributed by atoms with E-state index in [-0.39, 0.29) is 32.1 Å². The summed E-state index contributed by atoms with van der Waals surface area (Å²) in [4.78, 5) is 42.8. The lowest BCUT2D eigenvalue weighted by molar-refractivity contribution is -0.133. The number of carbonyl (C=O) groups is 3. The normalized spacial score (nSPS) is 13.6. The lowest BCUT2D eigenvalue weighted by Gasteiger charge is -2.25. The summed E-state index contributed by atoms with van der Waals surface area (Å²) in [7, 11) is 0. The molecule has 0 saturated carbocycles. The van der Waals surface area contributed by atoms with Gasteiger partial charge in [-0.25, -0.2) is 4.79 Å². The first-order valence-electron chi connectivity index (χ1n) is 8.13. The summed E-state index contributed by atoms with van der Waals surface area (Å²) in [5.74, 6) is -0.731. The van der Waals surface area contributed by atoms with Crippen molar-refractivity contribution in [2.45, 2.75) is 13.1 Å². The van der Waals surface area contributed by atoms with Crippen LogP contribution in [0.1, 0.15) is 11.3 Å². The van der Waals surface area contributed by atoms with Crippen LogP contribution in [0.2, 0.25) is 10.0 Å². The number of amides is 4. The molecule has 1 saturated heterocycles. The van der Waals surface area contributed by atoms with Crippen LogP contribution in [0.5, 0.6) is 0 Å². The molecule has 9 heteroatoms. The van der Waals surface area contributed by atoms with E-state index in [0.717, 1.165) is 5.56 Å². The van der Waals surface area contributed by atoms with Crippen molar-refractivity contribution >= 4 is 41.0 Å². The van der Waals surface area contributed by atoms with Gasteiger partial charge in [-0.3, -0.25) is 19.9 Å². The van der Waals surface area contributed by atoms with E-state index in [0.29, 0.717) is 15.7 Å². The maximum atomic E-state index is 12.8. The highest BCUT2D eigenvalue weighted by molar-refractivity contribution is 6.42. The molecule has 7 nitrogen and oxygen atoms in total. The maximum absolute atomic E-state index is 12.8. The molecule has 0 bridgehead atoms. The molecule has 3 rings (SSSR count). The monoisotopic (exact) mass is 406 g/mol.